The largest absolute Gasteiger partial charge is 0.391 e. The number of rotatable bonds is 3. The molecule has 1 aliphatic rings. The Bertz CT molecular complexity index is 1010. The highest BCUT2D eigenvalue weighted by Gasteiger charge is 2.21. The standard InChI is InChI=1S/C20H17ClFN3O/c1-13-20(14-4-2-5-15(21)10-14)23-19-8-9-24(12-25(13)19)18-7-3-6-17(22)16(18)11-26/h2-10,26H,11-12H2,1H3. The van der Waals surface area contributed by atoms with Crippen molar-refractivity contribution in [2.75, 3.05) is 4.90 Å². The Labute approximate surface area is 155 Å². The molecule has 0 radical (unpaired) electrons. The summed E-state index contributed by atoms with van der Waals surface area (Å²) in [5.74, 6) is 0.418. The Hall–Kier alpha value is -2.63. The minimum absolute atomic E-state index is 0.286. The number of hydrogen-bond donors (Lipinski definition) is 1. The predicted octanol–water partition coefficient (Wildman–Crippen LogP) is 4.59. The van der Waals surface area contributed by atoms with Gasteiger partial charge in [-0.05, 0) is 37.3 Å². The molecule has 0 unspecified atom stereocenters. The molecule has 4 rings (SSSR count). The van der Waals surface area contributed by atoms with E-state index in [2.05, 4.69) is 4.57 Å². The third-order valence-electron chi connectivity index (χ3n) is 4.61. The second-order valence-electron chi connectivity index (χ2n) is 6.16. The number of aromatic nitrogens is 2. The summed E-state index contributed by atoms with van der Waals surface area (Å²) in [5.41, 5.74) is 3.76. The van der Waals surface area contributed by atoms with Gasteiger partial charge in [0.05, 0.1) is 18.0 Å². The molecule has 2 heterocycles. The Morgan fingerprint density at radius 1 is 1.23 bits per heavy atom. The number of benzene rings is 2. The lowest BCUT2D eigenvalue weighted by Crippen LogP contribution is -2.26. The summed E-state index contributed by atoms with van der Waals surface area (Å²) in [5, 5.41) is 10.2. The molecule has 0 spiro atoms. The highest BCUT2D eigenvalue weighted by molar-refractivity contribution is 6.30. The van der Waals surface area contributed by atoms with E-state index in [0.717, 1.165) is 22.8 Å². The van der Waals surface area contributed by atoms with E-state index < -0.39 is 5.82 Å². The number of aliphatic hydroxyl groups excluding tert-OH is 1. The third-order valence-corrected chi connectivity index (χ3v) is 4.84. The first-order valence-corrected chi connectivity index (χ1v) is 8.62. The van der Waals surface area contributed by atoms with Gasteiger partial charge < -0.3 is 14.6 Å². The van der Waals surface area contributed by atoms with Crippen molar-refractivity contribution in [1.82, 2.24) is 9.55 Å². The quantitative estimate of drug-likeness (QED) is 0.734. The van der Waals surface area contributed by atoms with Crippen LogP contribution in [0.3, 0.4) is 0 Å². The third kappa shape index (κ3) is 2.79. The molecule has 0 saturated heterocycles. The minimum Gasteiger partial charge on any atom is -0.391 e. The number of nitrogens with zero attached hydrogens (tertiary/aromatic N) is 3. The fourth-order valence-corrected chi connectivity index (χ4v) is 3.45. The summed E-state index contributed by atoms with van der Waals surface area (Å²) in [7, 11) is 0. The molecular weight excluding hydrogens is 353 g/mol. The van der Waals surface area contributed by atoms with Gasteiger partial charge in [0.15, 0.2) is 0 Å². The minimum atomic E-state index is -0.411. The summed E-state index contributed by atoms with van der Waals surface area (Å²) in [6.07, 6.45) is 3.74. The van der Waals surface area contributed by atoms with Crippen molar-refractivity contribution in [2.45, 2.75) is 20.2 Å². The molecule has 1 aliphatic heterocycles. The maximum atomic E-state index is 14.0. The number of imidazole rings is 1. The molecule has 3 aromatic rings. The number of hydrogen-bond acceptors (Lipinski definition) is 3. The molecule has 0 amide bonds. The lowest BCUT2D eigenvalue weighted by Gasteiger charge is -2.27. The van der Waals surface area contributed by atoms with Gasteiger partial charge >= 0.3 is 0 Å². The van der Waals surface area contributed by atoms with Gasteiger partial charge in [0.25, 0.3) is 0 Å². The Kier molecular flexibility index (Phi) is 4.26. The van der Waals surface area contributed by atoms with Gasteiger partial charge in [0.2, 0.25) is 0 Å². The van der Waals surface area contributed by atoms with E-state index in [0.29, 0.717) is 17.4 Å². The smallest absolute Gasteiger partial charge is 0.136 e. The van der Waals surface area contributed by atoms with Crippen LogP contribution in [0.25, 0.3) is 17.3 Å². The van der Waals surface area contributed by atoms with E-state index in [4.69, 9.17) is 16.6 Å². The van der Waals surface area contributed by atoms with Gasteiger partial charge in [-0.25, -0.2) is 9.37 Å². The first-order chi connectivity index (χ1) is 12.6. The van der Waals surface area contributed by atoms with Gasteiger partial charge in [0.1, 0.15) is 18.3 Å². The lowest BCUT2D eigenvalue weighted by atomic mass is 10.1. The predicted molar refractivity (Wildman–Crippen MR) is 101 cm³/mol. The molecule has 1 N–H and O–H groups in total. The normalized spacial score (nSPS) is 13.2. The molecule has 132 valence electrons. The van der Waals surface area contributed by atoms with E-state index in [9.17, 15) is 9.50 Å². The molecule has 0 fully saturated rings. The van der Waals surface area contributed by atoms with Crippen LogP contribution < -0.4 is 4.90 Å². The maximum Gasteiger partial charge on any atom is 0.136 e. The van der Waals surface area contributed by atoms with Crippen LogP contribution in [0.1, 0.15) is 17.1 Å². The van der Waals surface area contributed by atoms with Crippen molar-refractivity contribution in [3.63, 3.8) is 0 Å². The van der Waals surface area contributed by atoms with Crippen LogP contribution in [0.5, 0.6) is 0 Å². The van der Waals surface area contributed by atoms with Gasteiger partial charge in [-0.3, -0.25) is 0 Å². The van der Waals surface area contributed by atoms with Crippen molar-refractivity contribution in [1.29, 1.82) is 0 Å². The zero-order chi connectivity index (χ0) is 18.3. The molecule has 1 aromatic heterocycles. The summed E-state index contributed by atoms with van der Waals surface area (Å²) in [4.78, 5) is 6.62. The maximum absolute atomic E-state index is 14.0. The molecule has 0 bridgehead atoms. The van der Waals surface area contributed by atoms with Crippen LogP contribution in [-0.2, 0) is 13.3 Å². The Morgan fingerprint density at radius 2 is 2.04 bits per heavy atom. The van der Waals surface area contributed by atoms with E-state index in [1.165, 1.54) is 6.07 Å². The van der Waals surface area contributed by atoms with E-state index in [1.807, 2.05) is 48.4 Å². The highest BCUT2D eigenvalue weighted by atomic mass is 35.5. The zero-order valence-electron chi connectivity index (χ0n) is 14.2. The topological polar surface area (TPSA) is 41.3 Å². The highest BCUT2D eigenvalue weighted by Crippen LogP contribution is 2.31. The van der Waals surface area contributed by atoms with Crippen LogP contribution in [0.15, 0.2) is 48.7 Å². The van der Waals surface area contributed by atoms with E-state index >= 15 is 0 Å². The summed E-state index contributed by atoms with van der Waals surface area (Å²) >= 11 is 6.11. The first kappa shape index (κ1) is 16.8. The molecule has 0 aliphatic carbocycles. The average molecular weight is 370 g/mol. The molecule has 0 saturated carbocycles. The molecule has 6 heteroatoms. The summed E-state index contributed by atoms with van der Waals surface area (Å²) in [6.45, 7) is 2.14. The van der Waals surface area contributed by atoms with Gasteiger partial charge in [-0.15, -0.1) is 0 Å². The van der Waals surface area contributed by atoms with Crippen molar-refractivity contribution in [3.8, 4) is 11.3 Å². The Morgan fingerprint density at radius 3 is 2.81 bits per heavy atom. The van der Waals surface area contributed by atoms with E-state index in [1.54, 1.807) is 12.1 Å². The molecule has 0 atom stereocenters. The summed E-state index contributed by atoms with van der Waals surface area (Å²) < 4.78 is 16.1. The van der Waals surface area contributed by atoms with Crippen LogP contribution >= 0.6 is 11.6 Å². The molecule has 2 aromatic carbocycles. The second-order valence-corrected chi connectivity index (χ2v) is 6.60. The lowest BCUT2D eigenvalue weighted by molar-refractivity contribution is 0.276. The Balaban J connectivity index is 1.73. The molecular formula is C20H17ClFN3O. The van der Waals surface area contributed by atoms with Gasteiger partial charge in [-0.1, -0.05) is 29.8 Å². The summed E-state index contributed by atoms with van der Waals surface area (Å²) in [6, 6.07) is 12.4. The van der Waals surface area contributed by atoms with Crippen molar-refractivity contribution in [2.24, 2.45) is 0 Å². The van der Waals surface area contributed by atoms with Crippen LogP contribution in [-0.4, -0.2) is 14.7 Å². The van der Waals surface area contributed by atoms with Crippen LogP contribution in [0, 0.1) is 12.7 Å². The molecule has 26 heavy (non-hydrogen) atoms. The monoisotopic (exact) mass is 369 g/mol. The number of aliphatic hydroxyl groups is 1. The zero-order valence-corrected chi connectivity index (χ0v) is 14.9. The fourth-order valence-electron chi connectivity index (χ4n) is 3.26. The van der Waals surface area contributed by atoms with Crippen LogP contribution in [0.2, 0.25) is 5.02 Å². The van der Waals surface area contributed by atoms with Gasteiger partial charge in [0, 0.05) is 28.0 Å². The molecule has 4 nitrogen and oxygen atoms in total. The number of anilines is 1. The number of fused-ring (bicyclic) bond motifs is 1. The second kappa shape index (κ2) is 6.59. The van der Waals surface area contributed by atoms with E-state index in [-0.39, 0.29) is 12.2 Å². The van der Waals surface area contributed by atoms with Crippen LogP contribution in [0.4, 0.5) is 10.1 Å². The first-order valence-electron chi connectivity index (χ1n) is 8.24. The van der Waals surface area contributed by atoms with Crippen molar-refractivity contribution < 1.29 is 9.50 Å². The fraction of sp³-hybridized carbons (Fsp3) is 0.150. The SMILES string of the molecule is Cc1c(-c2cccc(Cl)c2)nc2n1CN(c1cccc(F)c1CO)C=C2. The van der Waals surface area contributed by atoms with Gasteiger partial charge in [-0.2, -0.15) is 0 Å². The average Bonchev–Trinajstić information content (AvgIpc) is 2.98. The van der Waals surface area contributed by atoms with Crippen molar-refractivity contribution >= 4 is 23.4 Å². The number of halogens is 2. The van der Waals surface area contributed by atoms with Crippen molar-refractivity contribution in [3.05, 3.63) is 76.6 Å².